The van der Waals surface area contributed by atoms with Crippen LogP contribution in [-0.2, 0) is 6.42 Å². The maximum absolute atomic E-state index is 12.5. The first-order valence-corrected chi connectivity index (χ1v) is 7.34. The van der Waals surface area contributed by atoms with Crippen molar-refractivity contribution >= 4 is 17.5 Å². The fraction of sp³-hybridized carbons (Fsp3) is 0.167. The summed E-state index contributed by atoms with van der Waals surface area (Å²) in [5.41, 5.74) is 2.38. The van der Waals surface area contributed by atoms with Crippen molar-refractivity contribution in [2.24, 2.45) is 0 Å². The molecule has 0 N–H and O–H groups in total. The number of benzene rings is 2. The van der Waals surface area contributed by atoms with Gasteiger partial charge in [-0.05, 0) is 30.2 Å². The number of carbonyl (C=O) groups is 1. The zero-order valence-corrected chi connectivity index (χ0v) is 12.6. The summed E-state index contributed by atoms with van der Waals surface area (Å²) in [6, 6.07) is 12.1. The molecule has 0 aromatic heterocycles. The van der Waals surface area contributed by atoms with Gasteiger partial charge in [0.25, 0.3) is 5.69 Å². The van der Waals surface area contributed by atoms with E-state index in [-0.39, 0.29) is 18.1 Å². The van der Waals surface area contributed by atoms with Crippen LogP contribution in [0, 0.1) is 10.1 Å². The molecule has 0 spiro atoms. The third-order valence-electron chi connectivity index (χ3n) is 3.83. The van der Waals surface area contributed by atoms with E-state index in [1.54, 1.807) is 36.4 Å². The van der Waals surface area contributed by atoms with Gasteiger partial charge in [-0.3, -0.25) is 14.9 Å². The van der Waals surface area contributed by atoms with Gasteiger partial charge in [-0.2, -0.15) is 0 Å². The number of nitro benzene ring substituents is 1. The molecule has 5 nitrogen and oxygen atoms in total. The van der Waals surface area contributed by atoms with E-state index in [1.165, 1.54) is 6.07 Å². The summed E-state index contributed by atoms with van der Waals surface area (Å²) in [4.78, 5) is 23.2. The first-order chi connectivity index (χ1) is 11.1. The lowest BCUT2D eigenvalue weighted by Crippen LogP contribution is -2.18. The second kappa shape index (κ2) is 6.04. The van der Waals surface area contributed by atoms with E-state index < -0.39 is 4.92 Å². The number of ether oxygens (including phenoxy) is 1. The molecule has 1 aliphatic rings. The number of fused-ring (bicyclic) bond motifs is 1. The molecule has 3 rings (SSSR count). The van der Waals surface area contributed by atoms with Gasteiger partial charge in [0, 0.05) is 17.2 Å². The van der Waals surface area contributed by atoms with Gasteiger partial charge in [0.2, 0.25) is 0 Å². The highest BCUT2D eigenvalue weighted by Crippen LogP contribution is 2.28. The van der Waals surface area contributed by atoms with E-state index >= 15 is 0 Å². The Balaban J connectivity index is 1.98. The molecule has 0 bridgehead atoms. The Bertz CT molecular complexity index is 824. The van der Waals surface area contributed by atoms with Gasteiger partial charge in [0.1, 0.15) is 12.4 Å². The van der Waals surface area contributed by atoms with E-state index in [0.717, 1.165) is 0 Å². The van der Waals surface area contributed by atoms with Gasteiger partial charge >= 0.3 is 0 Å². The van der Waals surface area contributed by atoms with Crippen molar-refractivity contribution in [2.45, 2.75) is 13.3 Å². The molecular weight excluding hydrogens is 294 g/mol. The number of rotatable bonds is 3. The molecule has 0 saturated heterocycles. The van der Waals surface area contributed by atoms with Crippen molar-refractivity contribution in [1.82, 2.24) is 0 Å². The van der Waals surface area contributed by atoms with Gasteiger partial charge in [-0.1, -0.05) is 31.2 Å². The predicted octanol–water partition coefficient (Wildman–Crippen LogP) is 3.82. The van der Waals surface area contributed by atoms with Gasteiger partial charge in [-0.25, -0.2) is 0 Å². The largest absolute Gasteiger partial charge is 0.488 e. The monoisotopic (exact) mass is 309 g/mol. The Morgan fingerprint density at radius 3 is 2.78 bits per heavy atom. The number of nitrogens with zero attached hydrogens (tertiary/aromatic N) is 1. The Morgan fingerprint density at radius 1 is 1.26 bits per heavy atom. The maximum Gasteiger partial charge on any atom is 0.273 e. The van der Waals surface area contributed by atoms with Crippen molar-refractivity contribution in [3.8, 4) is 5.75 Å². The average Bonchev–Trinajstić information content (AvgIpc) is 2.57. The number of ketones is 1. The second-order valence-electron chi connectivity index (χ2n) is 5.28. The van der Waals surface area contributed by atoms with Gasteiger partial charge < -0.3 is 4.74 Å². The number of carbonyl (C=O) groups excluding carboxylic acids is 1. The van der Waals surface area contributed by atoms with Crippen molar-refractivity contribution in [3.63, 3.8) is 0 Å². The van der Waals surface area contributed by atoms with Crippen molar-refractivity contribution in [1.29, 1.82) is 0 Å². The number of aryl methyl sites for hydroxylation is 1. The molecule has 116 valence electrons. The van der Waals surface area contributed by atoms with Crippen molar-refractivity contribution in [2.75, 3.05) is 6.61 Å². The lowest BCUT2D eigenvalue weighted by atomic mass is 9.97. The van der Waals surface area contributed by atoms with E-state index in [2.05, 4.69) is 0 Å². The van der Waals surface area contributed by atoms with Crippen molar-refractivity contribution < 1.29 is 14.5 Å². The maximum atomic E-state index is 12.5. The molecule has 0 aliphatic carbocycles. The Hall–Kier alpha value is -2.95. The summed E-state index contributed by atoms with van der Waals surface area (Å²) in [6.07, 6.45) is 2.24. The summed E-state index contributed by atoms with van der Waals surface area (Å²) in [5, 5.41) is 11.1. The molecule has 0 amide bonds. The van der Waals surface area contributed by atoms with Crippen LogP contribution < -0.4 is 4.74 Å². The van der Waals surface area contributed by atoms with Gasteiger partial charge in [0.15, 0.2) is 5.78 Å². The molecule has 0 fully saturated rings. The van der Waals surface area contributed by atoms with E-state index in [4.69, 9.17) is 4.74 Å². The standard InChI is InChI=1S/C18H15NO4/c1-2-13-8-7-12(10-16(13)19(21)22)9-14-11-23-17-6-4-3-5-15(17)18(14)20/h3-10H,2,11H2,1H3/b14-9+. The first-order valence-electron chi connectivity index (χ1n) is 7.34. The van der Waals surface area contributed by atoms with Crippen LogP contribution in [0.15, 0.2) is 48.0 Å². The highest BCUT2D eigenvalue weighted by Gasteiger charge is 2.23. The smallest absolute Gasteiger partial charge is 0.273 e. The van der Waals surface area contributed by atoms with E-state index in [1.807, 2.05) is 13.0 Å². The van der Waals surface area contributed by atoms with Crippen molar-refractivity contribution in [3.05, 3.63) is 74.8 Å². The first kappa shape index (κ1) is 15.0. The summed E-state index contributed by atoms with van der Waals surface area (Å²) in [5.74, 6) is 0.469. The highest BCUT2D eigenvalue weighted by molar-refractivity contribution is 6.14. The number of nitro groups is 1. The minimum absolute atomic E-state index is 0.0754. The van der Waals surface area contributed by atoms with Crippen LogP contribution in [0.4, 0.5) is 5.69 Å². The SMILES string of the molecule is CCc1ccc(/C=C2\COc3ccccc3C2=O)cc1[N+](=O)[O-]. The molecule has 5 heteroatoms. The van der Waals surface area contributed by atoms with Crippen LogP contribution >= 0.6 is 0 Å². The minimum Gasteiger partial charge on any atom is -0.488 e. The molecule has 23 heavy (non-hydrogen) atoms. The quantitative estimate of drug-likeness (QED) is 0.491. The summed E-state index contributed by atoms with van der Waals surface area (Å²) in [7, 11) is 0. The molecule has 0 saturated carbocycles. The Morgan fingerprint density at radius 2 is 2.04 bits per heavy atom. The third-order valence-corrected chi connectivity index (χ3v) is 3.83. The van der Waals surface area contributed by atoms with Crippen LogP contribution in [0.1, 0.15) is 28.4 Å². The molecular formula is C18H15NO4. The van der Waals surface area contributed by atoms with Crippen LogP contribution in [0.25, 0.3) is 6.08 Å². The van der Waals surface area contributed by atoms with Gasteiger partial charge in [0.05, 0.1) is 10.5 Å². The number of Topliss-reactive ketones (excluding diaryl/α,β-unsaturated/α-hetero) is 1. The zero-order valence-electron chi connectivity index (χ0n) is 12.6. The molecule has 2 aromatic carbocycles. The molecule has 0 atom stereocenters. The molecule has 0 radical (unpaired) electrons. The van der Waals surface area contributed by atoms with Crippen LogP contribution in [0.3, 0.4) is 0 Å². The lowest BCUT2D eigenvalue weighted by Gasteiger charge is -2.18. The highest BCUT2D eigenvalue weighted by atomic mass is 16.6. The fourth-order valence-corrected chi connectivity index (χ4v) is 2.62. The zero-order chi connectivity index (χ0) is 16.4. The third kappa shape index (κ3) is 2.85. The van der Waals surface area contributed by atoms with Crippen LogP contribution in [0.2, 0.25) is 0 Å². The summed E-state index contributed by atoms with van der Waals surface area (Å²) >= 11 is 0. The number of hydrogen-bond acceptors (Lipinski definition) is 4. The molecule has 2 aromatic rings. The average molecular weight is 309 g/mol. The Kier molecular flexibility index (Phi) is 3.93. The van der Waals surface area contributed by atoms with Crippen LogP contribution in [0.5, 0.6) is 5.75 Å². The predicted molar refractivity (Wildman–Crippen MR) is 86.7 cm³/mol. The Labute approximate surface area is 133 Å². The molecule has 1 heterocycles. The fourth-order valence-electron chi connectivity index (χ4n) is 2.62. The van der Waals surface area contributed by atoms with E-state index in [9.17, 15) is 14.9 Å². The topological polar surface area (TPSA) is 69.4 Å². The molecule has 0 unspecified atom stereocenters. The summed E-state index contributed by atoms with van der Waals surface area (Å²) in [6.45, 7) is 2.04. The number of hydrogen-bond donors (Lipinski definition) is 0. The van der Waals surface area contributed by atoms with E-state index in [0.29, 0.717) is 34.4 Å². The lowest BCUT2D eigenvalue weighted by molar-refractivity contribution is -0.385. The summed E-state index contributed by atoms with van der Waals surface area (Å²) < 4.78 is 5.58. The molecule has 1 aliphatic heterocycles. The van der Waals surface area contributed by atoms with Gasteiger partial charge in [-0.15, -0.1) is 0 Å². The minimum atomic E-state index is -0.394. The van der Waals surface area contributed by atoms with Crippen LogP contribution in [-0.4, -0.2) is 17.3 Å². The number of para-hydroxylation sites is 1. The second-order valence-corrected chi connectivity index (χ2v) is 5.28. The normalized spacial score (nSPS) is 15.2.